The number of piperidine rings is 1. The predicted octanol–water partition coefficient (Wildman–Crippen LogP) is 3.28. The summed E-state index contributed by atoms with van der Waals surface area (Å²) in [6.45, 7) is 16.4. The summed E-state index contributed by atoms with van der Waals surface area (Å²) in [7, 11) is 0. The Morgan fingerprint density at radius 2 is 1.76 bits per heavy atom. The molecule has 0 saturated carbocycles. The lowest BCUT2D eigenvalue weighted by Gasteiger charge is -2.39. The highest BCUT2D eigenvalue weighted by atomic mass is 16.3. The molecule has 0 radical (unpaired) electrons. The molecule has 1 saturated heterocycles. The third-order valence-electron chi connectivity index (χ3n) is 5.17. The van der Waals surface area contributed by atoms with Gasteiger partial charge in [0.25, 0.3) is 0 Å². The number of nitrogens with one attached hydrogen (secondary N) is 1. The molecule has 1 atom stereocenters. The van der Waals surface area contributed by atoms with Gasteiger partial charge in [0.15, 0.2) is 0 Å². The number of aliphatic hydroxyl groups excluding tert-OH is 1. The van der Waals surface area contributed by atoms with Gasteiger partial charge in [0.05, 0.1) is 6.61 Å². The number of hydrogen-bond donors (Lipinski definition) is 2. The summed E-state index contributed by atoms with van der Waals surface area (Å²) in [5.74, 6) is 0.877. The van der Waals surface area contributed by atoms with E-state index in [1.54, 1.807) is 0 Å². The molecule has 1 rings (SSSR count). The minimum atomic E-state index is -0.0975. The van der Waals surface area contributed by atoms with Crippen LogP contribution < -0.4 is 5.32 Å². The van der Waals surface area contributed by atoms with Crippen LogP contribution in [-0.4, -0.2) is 48.3 Å². The van der Waals surface area contributed by atoms with Crippen LogP contribution in [0.5, 0.6) is 0 Å². The molecule has 1 heterocycles. The SMILES string of the molecule is CCCNC(C)(CO)CCCN1CCC(C(C)(C)C)CC1. The topological polar surface area (TPSA) is 35.5 Å². The average Bonchev–Trinajstić information content (AvgIpc) is 2.45. The summed E-state index contributed by atoms with van der Waals surface area (Å²) < 4.78 is 0. The maximum absolute atomic E-state index is 9.60. The van der Waals surface area contributed by atoms with E-state index in [9.17, 15) is 5.11 Å². The molecular weight excluding hydrogens is 260 g/mol. The fourth-order valence-corrected chi connectivity index (χ4v) is 3.37. The van der Waals surface area contributed by atoms with Crippen LogP contribution in [0.3, 0.4) is 0 Å². The molecule has 126 valence electrons. The predicted molar refractivity (Wildman–Crippen MR) is 91.6 cm³/mol. The number of hydrogen-bond acceptors (Lipinski definition) is 3. The van der Waals surface area contributed by atoms with Gasteiger partial charge in [-0.1, -0.05) is 27.7 Å². The summed E-state index contributed by atoms with van der Waals surface area (Å²) in [6, 6.07) is 0. The van der Waals surface area contributed by atoms with Gasteiger partial charge in [-0.15, -0.1) is 0 Å². The van der Waals surface area contributed by atoms with Crippen molar-refractivity contribution in [2.45, 2.75) is 72.3 Å². The molecular formula is C18H38N2O. The second-order valence-corrected chi connectivity index (χ2v) is 8.23. The van der Waals surface area contributed by atoms with Crippen molar-refractivity contribution in [2.75, 3.05) is 32.8 Å². The van der Waals surface area contributed by atoms with Crippen molar-refractivity contribution in [3.63, 3.8) is 0 Å². The van der Waals surface area contributed by atoms with Gasteiger partial charge >= 0.3 is 0 Å². The molecule has 21 heavy (non-hydrogen) atoms. The second-order valence-electron chi connectivity index (χ2n) is 8.23. The highest BCUT2D eigenvalue weighted by molar-refractivity contribution is 4.84. The molecule has 3 heteroatoms. The summed E-state index contributed by atoms with van der Waals surface area (Å²) in [4.78, 5) is 2.61. The summed E-state index contributed by atoms with van der Waals surface area (Å²) in [5.41, 5.74) is 0.366. The van der Waals surface area contributed by atoms with Crippen molar-refractivity contribution in [1.82, 2.24) is 10.2 Å². The Labute approximate surface area is 132 Å². The molecule has 0 aromatic rings. The van der Waals surface area contributed by atoms with Crippen LogP contribution in [0.2, 0.25) is 0 Å². The van der Waals surface area contributed by atoms with Gasteiger partial charge in [0.1, 0.15) is 0 Å². The molecule has 0 aromatic heterocycles. The van der Waals surface area contributed by atoms with Crippen molar-refractivity contribution in [3.05, 3.63) is 0 Å². The molecule has 3 nitrogen and oxygen atoms in total. The average molecular weight is 299 g/mol. The van der Waals surface area contributed by atoms with E-state index in [2.05, 4.69) is 44.8 Å². The molecule has 0 aromatic carbocycles. The summed E-state index contributed by atoms with van der Waals surface area (Å²) in [6.07, 6.45) is 6.04. The minimum Gasteiger partial charge on any atom is -0.394 e. The molecule has 0 aliphatic carbocycles. The Balaban J connectivity index is 2.25. The molecule has 1 unspecified atom stereocenters. The molecule has 2 N–H and O–H groups in total. The highest BCUT2D eigenvalue weighted by Crippen LogP contribution is 2.34. The Hall–Kier alpha value is -0.120. The van der Waals surface area contributed by atoms with Gasteiger partial charge in [0, 0.05) is 5.54 Å². The van der Waals surface area contributed by atoms with Crippen molar-refractivity contribution in [3.8, 4) is 0 Å². The van der Waals surface area contributed by atoms with Crippen molar-refractivity contribution >= 4 is 0 Å². The summed E-state index contributed by atoms with van der Waals surface area (Å²) >= 11 is 0. The van der Waals surface area contributed by atoms with Gasteiger partial charge in [0.2, 0.25) is 0 Å². The highest BCUT2D eigenvalue weighted by Gasteiger charge is 2.29. The third kappa shape index (κ3) is 6.66. The van der Waals surface area contributed by atoms with E-state index < -0.39 is 0 Å². The van der Waals surface area contributed by atoms with Crippen LogP contribution in [0.1, 0.15) is 66.7 Å². The van der Waals surface area contributed by atoms with Crippen molar-refractivity contribution < 1.29 is 5.11 Å². The van der Waals surface area contributed by atoms with Crippen LogP contribution in [0, 0.1) is 11.3 Å². The van der Waals surface area contributed by atoms with E-state index in [0.29, 0.717) is 5.41 Å². The molecule has 1 fully saturated rings. The lowest BCUT2D eigenvalue weighted by Crippen LogP contribution is -2.46. The van der Waals surface area contributed by atoms with Crippen molar-refractivity contribution in [1.29, 1.82) is 0 Å². The molecule has 0 amide bonds. The van der Waals surface area contributed by atoms with Crippen LogP contribution in [-0.2, 0) is 0 Å². The minimum absolute atomic E-state index is 0.0975. The van der Waals surface area contributed by atoms with Crippen LogP contribution in [0.25, 0.3) is 0 Å². The van der Waals surface area contributed by atoms with Gasteiger partial charge in [-0.2, -0.15) is 0 Å². The second kappa shape index (κ2) is 8.50. The standard InChI is InChI=1S/C18H38N2O/c1-6-11-19-18(5,15-21)10-7-12-20-13-8-16(9-14-20)17(2,3)4/h16,19,21H,6-15H2,1-5H3. The Kier molecular flexibility index (Phi) is 7.66. The van der Waals surface area contributed by atoms with Gasteiger partial charge in [-0.25, -0.2) is 0 Å². The van der Waals surface area contributed by atoms with Crippen LogP contribution in [0.4, 0.5) is 0 Å². The first-order valence-corrected chi connectivity index (χ1v) is 8.89. The Morgan fingerprint density at radius 3 is 2.24 bits per heavy atom. The van der Waals surface area contributed by atoms with E-state index in [1.807, 2.05) is 0 Å². The zero-order valence-electron chi connectivity index (χ0n) is 15.0. The normalized spacial score (nSPS) is 21.4. The first-order chi connectivity index (χ1) is 9.80. The Bertz CT molecular complexity index is 279. The number of likely N-dealkylation sites (tertiary alicyclic amines) is 1. The quantitative estimate of drug-likeness (QED) is 0.722. The molecule has 0 bridgehead atoms. The lowest BCUT2D eigenvalue weighted by atomic mass is 9.75. The van der Waals surface area contributed by atoms with Gasteiger partial charge in [-0.05, 0) is 76.5 Å². The largest absolute Gasteiger partial charge is 0.394 e. The number of rotatable bonds is 8. The van der Waals surface area contributed by atoms with Crippen LogP contribution >= 0.6 is 0 Å². The maximum atomic E-state index is 9.60. The van der Waals surface area contributed by atoms with E-state index in [1.165, 1.54) is 38.9 Å². The Morgan fingerprint density at radius 1 is 1.14 bits per heavy atom. The maximum Gasteiger partial charge on any atom is 0.0610 e. The molecule has 1 aliphatic heterocycles. The zero-order chi connectivity index (χ0) is 15.9. The number of aliphatic hydroxyl groups is 1. The van der Waals surface area contributed by atoms with E-state index in [-0.39, 0.29) is 12.1 Å². The van der Waals surface area contributed by atoms with E-state index >= 15 is 0 Å². The fraction of sp³-hybridized carbons (Fsp3) is 1.00. The summed E-state index contributed by atoms with van der Waals surface area (Å²) in [5, 5.41) is 13.1. The van der Waals surface area contributed by atoms with E-state index in [4.69, 9.17) is 0 Å². The number of nitrogens with zero attached hydrogens (tertiary/aromatic N) is 1. The lowest BCUT2D eigenvalue weighted by molar-refractivity contribution is 0.105. The van der Waals surface area contributed by atoms with Crippen molar-refractivity contribution in [2.24, 2.45) is 11.3 Å². The van der Waals surface area contributed by atoms with Crippen LogP contribution in [0.15, 0.2) is 0 Å². The fourth-order valence-electron chi connectivity index (χ4n) is 3.37. The molecule has 1 aliphatic rings. The third-order valence-corrected chi connectivity index (χ3v) is 5.17. The zero-order valence-corrected chi connectivity index (χ0v) is 15.0. The first-order valence-electron chi connectivity index (χ1n) is 8.89. The smallest absolute Gasteiger partial charge is 0.0610 e. The molecule has 0 spiro atoms. The van der Waals surface area contributed by atoms with Gasteiger partial charge in [-0.3, -0.25) is 0 Å². The first kappa shape index (κ1) is 18.9. The van der Waals surface area contributed by atoms with E-state index in [0.717, 1.165) is 25.3 Å². The van der Waals surface area contributed by atoms with Gasteiger partial charge < -0.3 is 15.3 Å². The monoisotopic (exact) mass is 298 g/mol.